The first-order valence-corrected chi connectivity index (χ1v) is 5.16. The number of aryl methyl sites for hydroxylation is 1. The maximum Gasteiger partial charge on any atom is 0.160 e. The highest BCUT2D eigenvalue weighted by molar-refractivity contribution is 5.71. The fourth-order valence-corrected chi connectivity index (χ4v) is 1.69. The monoisotopic (exact) mass is 205 g/mol. The van der Waals surface area contributed by atoms with Gasteiger partial charge in [0.25, 0.3) is 0 Å². The van der Waals surface area contributed by atoms with Crippen LogP contribution in [0, 0.1) is 0 Å². The molecule has 0 unspecified atom stereocenters. The van der Waals surface area contributed by atoms with Crippen LogP contribution in [-0.4, -0.2) is 28.3 Å². The van der Waals surface area contributed by atoms with Crippen LogP contribution in [0.3, 0.4) is 0 Å². The molecule has 0 aliphatic carbocycles. The molecule has 0 aliphatic rings. The molecule has 0 bridgehead atoms. The fraction of sp³-hybridized carbons (Fsp3) is 0.455. The van der Waals surface area contributed by atoms with E-state index in [9.17, 15) is 0 Å². The molecule has 0 saturated heterocycles. The molecule has 0 amide bonds. The van der Waals surface area contributed by atoms with Gasteiger partial charge in [0.15, 0.2) is 5.65 Å². The Balaban J connectivity index is 2.47. The van der Waals surface area contributed by atoms with E-state index in [4.69, 9.17) is 4.74 Å². The number of methoxy groups -OCH3 is 1. The molecule has 0 radical (unpaired) electrons. The number of fused-ring (bicyclic) bond motifs is 1. The van der Waals surface area contributed by atoms with E-state index in [1.165, 1.54) is 0 Å². The fourth-order valence-electron chi connectivity index (χ4n) is 1.69. The van der Waals surface area contributed by atoms with Crippen molar-refractivity contribution < 1.29 is 4.74 Å². The summed E-state index contributed by atoms with van der Waals surface area (Å²) in [4.78, 5) is 8.88. The predicted octanol–water partition coefficient (Wildman–Crippen LogP) is 1.64. The van der Waals surface area contributed by atoms with Gasteiger partial charge in [-0.2, -0.15) is 0 Å². The van der Waals surface area contributed by atoms with Gasteiger partial charge >= 0.3 is 0 Å². The van der Waals surface area contributed by atoms with E-state index in [0.717, 1.165) is 30.0 Å². The summed E-state index contributed by atoms with van der Waals surface area (Å²) in [6, 6.07) is 3.90. The number of ether oxygens (including phenoxy) is 1. The van der Waals surface area contributed by atoms with Crippen LogP contribution in [0.5, 0.6) is 0 Å². The predicted molar refractivity (Wildman–Crippen MR) is 58.8 cm³/mol. The third-order valence-corrected chi connectivity index (χ3v) is 2.42. The van der Waals surface area contributed by atoms with Crippen LogP contribution in [0.15, 0.2) is 18.3 Å². The molecule has 0 N–H and O–H groups in total. The van der Waals surface area contributed by atoms with Crippen LogP contribution in [0.25, 0.3) is 11.2 Å². The Morgan fingerprint density at radius 2 is 2.33 bits per heavy atom. The second-order valence-corrected chi connectivity index (χ2v) is 3.37. The Hall–Kier alpha value is -1.42. The lowest BCUT2D eigenvalue weighted by Crippen LogP contribution is -2.08. The van der Waals surface area contributed by atoms with E-state index in [0.29, 0.717) is 6.61 Å². The van der Waals surface area contributed by atoms with E-state index < -0.39 is 0 Å². The molecule has 0 aromatic carbocycles. The second kappa shape index (κ2) is 4.40. The topological polar surface area (TPSA) is 39.9 Å². The number of hydrogen-bond donors (Lipinski definition) is 0. The quantitative estimate of drug-likeness (QED) is 0.761. The SMILES string of the molecule is CCc1nc2cccnc2n1CCOC. The van der Waals surface area contributed by atoms with Gasteiger partial charge in [0.1, 0.15) is 11.3 Å². The van der Waals surface area contributed by atoms with Crippen molar-refractivity contribution in [1.82, 2.24) is 14.5 Å². The maximum atomic E-state index is 5.09. The molecule has 2 rings (SSSR count). The van der Waals surface area contributed by atoms with Crippen molar-refractivity contribution in [2.75, 3.05) is 13.7 Å². The third-order valence-electron chi connectivity index (χ3n) is 2.42. The maximum absolute atomic E-state index is 5.09. The molecule has 4 nitrogen and oxygen atoms in total. The van der Waals surface area contributed by atoms with Crippen molar-refractivity contribution in [3.8, 4) is 0 Å². The average Bonchev–Trinajstić information content (AvgIpc) is 2.64. The van der Waals surface area contributed by atoms with Gasteiger partial charge in [-0.05, 0) is 12.1 Å². The number of nitrogens with zero attached hydrogens (tertiary/aromatic N) is 3. The van der Waals surface area contributed by atoms with Gasteiger partial charge < -0.3 is 9.30 Å². The number of hydrogen-bond acceptors (Lipinski definition) is 3. The largest absolute Gasteiger partial charge is 0.383 e. The minimum absolute atomic E-state index is 0.690. The summed E-state index contributed by atoms with van der Waals surface area (Å²) >= 11 is 0. The summed E-state index contributed by atoms with van der Waals surface area (Å²) in [6.45, 7) is 3.60. The summed E-state index contributed by atoms with van der Waals surface area (Å²) in [6.07, 6.45) is 2.72. The molecule has 4 heteroatoms. The van der Waals surface area contributed by atoms with Crippen molar-refractivity contribution >= 4 is 11.2 Å². The molecule has 0 fully saturated rings. The molecule has 2 aromatic rings. The molecule has 0 atom stereocenters. The Labute approximate surface area is 88.9 Å². The zero-order valence-corrected chi connectivity index (χ0v) is 9.10. The van der Waals surface area contributed by atoms with Crippen molar-refractivity contribution in [2.24, 2.45) is 0 Å². The van der Waals surface area contributed by atoms with E-state index in [1.807, 2.05) is 12.1 Å². The molecular formula is C11H15N3O. The number of pyridine rings is 1. The summed E-state index contributed by atoms with van der Waals surface area (Å²) in [5, 5.41) is 0. The minimum atomic E-state index is 0.690. The first-order chi connectivity index (χ1) is 7.36. The highest BCUT2D eigenvalue weighted by Gasteiger charge is 2.08. The number of imidazole rings is 1. The normalized spacial score (nSPS) is 11.1. The van der Waals surface area contributed by atoms with E-state index in [-0.39, 0.29) is 0 Å². The molecule has 0 aliphatic heterocycles. The first kappa shape index (κ1) is 10.1. The van der Waals surface area contributed by atoms with Crippen LogP contribution >= 0.6 is 0 Å². The highest BCUT2D eigenvalue weighted by atomic mass is 16.5. The zero-order valence-electron chi connectivity index (χ0n) is 9.10. The van der Waals surface area contributed by atoms with Gasteiger partial charge in [0, 0.05) is 26.3 Å². The second-order valence-electron chi connectivity index (χ2n) is 3.37. The summed E-state index contributed by atoms with van der Waals surface area (Å²) < 4.78 is 7.21. The summed E-state index contributed by atoms with van der Waals surface area (Å²) in [7, 11) is 1.71. The molecule has 0 saturated carbocycles. The standard InChI is InChI=1S/C11H15N3O/c1-3-10-13-9-5-4-6-12-11(9)14(10)7-8-15-2/h4-6H,3,7-8H2,1-2H3. The third kappa shape index (κ3) is 1.85. The van der Waals surface area contributed by atoms with E-state index in [1.54, 1.807) is 13.3 Å². The van der Waals surface area contributed by atoms with Crippen molar-refractivity contribution in [3.63, 3.8) is 0 Å². The molecule has 0 spiro atoms. The smallest absolute Gasteiger partial charge is 0.160 e. The van der Waals surface area contributed by atoms with Gasteiger partial charge in [0.05, 0.1) is 6.61 Å². The zero-order chi connectivity index (χ0) is 10.7. The number of rotatable bonds is 4. The Morgan fingerprint density at radius 3 is 3.07 bits per heavy atom. The Morgan fingerprint density at radius 1 is 1.47 bits per heavy atom. The number of aromatic nitrogens is 3. The lowest BCUT2D eigenvalue weighted by molar-refractivity contribution is 0.187. The van der Waals surface area contributed by atoms with Crippen molar-refractivity contribution in [1.29, 1.82) is 0 Å². The van der Waals surface area contributed by atoms with Gasteiger partial charge in [-0.25, -0.2) is 9.97 Å². The lowest BCUT2D eigenvalue weighted by Gasteiger charge is -2.05. The molecule has 2 heterocycles. The summed E-state index contributed by atoms with van der Waals surface area (Å²) in [5.74, 6) is 1.07. The van der Waals surface area contributed by atoms with Crippen LogP contribution in [-0.2, 0) is 17.7 Å². The highest BCUT2D eigenvalue weighted by Crippen LogP contribution is 2.13. The average molecular weight is 205 g/mol. The molecule has 80 valence electrons. The molecular weight excluding hydrogens is 190 g/mol. The van der Waals surface area contributed by atoms with Gasteiger partial charge in [-0.15, -0.1) is 0 Å². The van der Waals surface area contributed by atoms with Crippen LogP contribution < -0.4 is 0 Å². The van der Waals surface area contributed by atoms with Crippen molar-refractivity contribution in [3.05, 3.63) is 24.2 Å². The lowest BCUT2D eigenvalue weighted by atomic mass is 10.4. The van der Waals surface area contributed by atoms with Gasteiger partial charge in [0.2, 0.25) is 0 Å². The van der Waals surface area contributed by atoms with E-state index in [2.05, 4.69) is 21.5 Å². The Kier molecular flexibility index (Phi) is 2.97. The molecule has 2 aromatic heterocycles. The molecule has 15 heavy (non-hydrogen) atoms. The van der Waals surface area contributed by atoms with E-state index >= 15 is 0 Å². The van der Waals surface area contributed by atoms with Crippen LogP contribution in [0.4, 0.5) is 0 Å². The van der Waals surface area contributed by atoms with Gasteiger partial charge in [-0.1, -0.05) is 6.92 Å². The summed E-state index contributed by atoms with van der Waals surface area (Å²) in [5.41, 5.74) is 1.91. The van der Waals surface area contributed by atoms with Gasteiger partial charge in [-0.3, -0.25) is 0 Å². The Bertz CT molecular complexity index is 450. The van der Waals surface area contributed by atoms with Crippen molar-refractivity contribution in [2.45, 2.75) is 19.9 Å². The van der Waals surface area contributed by atoms with Crippen LogP contribution in [0.1, 0.15) is 12.7 Å². The van der Waals surface area contributed by atoms with Crippen LogP contribution in [0.2, 0.25) is 0 Å². The minimum Gasteiger partial charge on any atom is -0.383 e. The first-order valence-electron chi connectivity index (χ1n) is 5.16.